The first-order valence-corrected chi connectivity index (χ1v) is 4.89. The Morgan fingerprint density at radius 1 is 1.43 bits per heavy atom. The third-order valence-electron chi connectivity index (χ3n) is 3.10. The van der Waals surface area contributed by atoms with E-state index in [1.165, 1.54) is 0 Å². The lowest BCUT2D eigenvalue weighted by Crippen LogP contribution is -2.28. The average Bonchev–Trinajstić information content (AvgIpc) is 2.66. The largest absolute Gasteiger partial charge is 0.508 e. The molecule has 3 heteroatoms. The van der Waals surface area contributed by atoms with Gasteiger partial charge in [0.05, 0.1) is 0 Å². The Morgan fingerprint density at radius 3 is 3.14 bits per heavy atom. The predicted octanol–water partition coefficient (Wildman–Crippen LogP) is 1.44. The van der Waals surface area contributed by atoms with E-state index in [4.69, 9.17) is 0 Å². The maximum atomic E-state index is 11.6. The summed E-state index contributed by atoms with van der Waals surface area (Å²) >= 11 is 0. The third kappa shape index (κ3) is 0.895. The highest BCUT2D eigenvalue weighted by Crippen LogP contribution is 2.39. The Kier molecular flexibility index (Phi) is 1.40. The molecule has 3 rings (SSSR count). The van der Waals surface area contributed by atoms with Gasteiger partial charge in [0, 0.05) is 18.2 Å². The van der Waals surface area contributed by atoms with Crippen molar-refractivity contribution in [2.75, 3.05) is 4.90 Å². The number of benzene rings is 1. The van der Waals surface area contributed by atoms with Crippen LogP contribution in [0.2, 0.25) is 0 Å². The molecule has 1 aromatic carbocycles. The molecule has 0 bridgehead atoms. The van der Waals surface area contributed by atoms with Gasteiger partial charge in [0.2, 0.25) is 5.91 Å². The number of carbonyl (C=O) groups is 1. The fourth-order valence-electron chi connectivity index (χ4n) is 2.49. The van der Waals surface area contributed by atoms with Gasteiger partial charge in [-0.1, -0.05) is 0 Å². The highest BCUT2D eigenvalue weighted by atomic mass is 16.3. The van der Waals surface area contributed by atoms with E-state index < -0.39 is 0 Å². The molecule has 1 saturated heterocycles. The van der Waals surface area contributed by atoms with E-state index in [1.807, 2.05) is 11.0 Å². The minimum Gasteiger partial charge on any atom is -0.508 e. The summed E-state index contributed by atoms with van der Waals surface area (Å²) in [7, 11) is 0. The van der Waals surface area contributed by atoms with Crippen molar-refractivity contribution in [3.63, 3.8) is 0 Å². The van der Waals surface area contributed by atoms with Crippen LogP contribution in [0.1, 0.15) is 18.4 Å². The van der Waals surface area contributed by atoms with Crippen LogP contribution < -0.4 is 4.90 Å². The van der Waals surface area contributed by atoms with E-state index in [1.54, 1.807) is 12.1 Å². The first-order chi connectivity index (χ1) is 6.75. The smallest absolute Gasteiger partial charge is 0.227 e. The molecule has 1 atom stereocenters. The fourth-order valence-corrected chi connectivity index (χ4v) is 2.49. The van der Waals surface area contributed by atoms with Crippen LogP contribution >= 0.6 is 0 Å². The highest BCUT2D eigenvalue weighted by molar-refractivity contribution is 5.98. The number of carbonyl (C=O) groups excluding carboxylic acids is 1. The van der Waals surface area contributed by atoms with E-state index in [0.29, 0.717) is 12.5 Å². The van der Waals surface area contributed by atoms with E-state index in [9.17, 15) is 9.90 Å². The standard InChI is InChI=1S/C11H11NO2/c13-9-2-3-10-7(6-9)5-8-1-4-11(14)12(8)10/h2-3,6,8,13H,1,4-5H2/t8-/m1/s1. The lowest BCUT2D eigenvalue weighted by Gasteiger charge is -2.15. The normalized spacial score (nSPS) is 23.9. The van der Waals surface area contributed by atoms with Crippen LogP contribution in [0.3, 0.4) is 0 Å². The molecule has 2 aliphatic rings. The summed E-state index contributed by atoms with van der Waals surface area (Å²) in [4.78, 5) is 13.5. The first-order valence-electron chi connectivity index (χ1n) is 4.89. The summed E-state index contributed by atoms with van der Waals surface area (Å²) in [5, 5.41) is 9.32. The average molecular weight is 189 g/mol. The molecule has 14 heavy (non-hydrogen) atoms. The molecule has 0 saturated carbocycles. The van der Waals surface area contributed by atoms with Gasteiger partial charge in [0.1, 0.15) is 5.75 Å². The Labute approximate surface area is 82.0 Å². The summed E-state index contributed by atoms with van der Waals surface area (Å²) in [6.07, 6.45) is 2.52. The summed E-state index contributed by atoms with van der Waals surface area (Å²) < 4.78 is 0. The molecule has 0 unspecified atom stereocenters. The van der Waals surface area contributed by atoms with Crippen LogP contribution in [0.15, 0.2) is 18.2 Å². The fraction of sp³-hybridized carbons (Fsp3) is 0.364. The van der Waals surface area contributed by atoms with Crippen LogP contribution in [0.4, 0.5) is 5.69 Å². The van der Waals surface area contributed by atoms with E-state index in [0.717, 1.165) is 24.1 Å². The van der Waals surface area contributed by atoms with Crippen molar-refractivity contribution < 1.29 is 9.90 Å². The van der Waals surface area contributed by atoms with Gasteiger partial charge < -0.3 is 10.0 Å². The maximum absolute atomic E-state index is 11.6. The number of aromatic hydroxyl groups is 1. The summed E-state index contributed by atoms with van der Waals surface area (Å²) in [6.45, 7) is 0. The first kappa shape index (κ1) is 7.85. The lowest BCUT2D eigenvalue weighted by molar-refractivity contribution is -0.117. The zero-order valence-corrected chi connectivity index (χ0v) is 7.73. The van der Waals surface area contributed by atoms with Gasteiger partial charge in [-0.3, -0.25) is 4.79 Å². The number of phenols is 1. The second-order valence-electron chi connectivity index (χ2n) is 3.97. The molecular formula is C11H11NO2. The van der Waals surface area contributed by atoms with Crippen LogP contribution in [-0.4, -0.2) is 17.1 Å². The van der Waals surface area contributed by atoms with Crippen molar-refractivity contribution in [2.45, 2.75) is 25.3 Å². The van der Waals surface area contributed by atoms with Gasteiger partial charge in [-0.25, -0.2) is 0 Å². The van der Waals surface area contributed by atoms with Crippen molar-refractivity contribution in [1.82, 2.24) is 0 Å². The number of amides is 1. The molecule has 0 aliphatic carbocycles. The van der Waals surface area contributed by atoms with Gasteiger partial charge in [-0.15, -0.1) is 0 Å². The number of anilines is 1. The zero-order chi connectivity index (χ0) is 9.71. The SMILES string of the molecule is O=C1CC[C@@H]2Cc3cc(O)ccc3N12. The van der Waals surface area contributed by atoms with Crippen LogP contribution in [0.25, 0.3) is 0 Å². The molecule has 2 heterocycles. The van der Waals surface area contributed by atoms with Crippen molar-refractivity contribution in [2.24, 2.45) is 0 Å². The summed E-state index contributed by atoms with van der Waals surface area (Å²) in [5.41, 5.74) is 2.10. The molecule has 0 spiro atoms. The van der Waals surface area contributed by atoms with E-state index in [-0.39, 0.29) is 11.7 Å². The topological polar surface area (TPSA) is 40.5 Å². The van der Waals surface area contributed by atoms with Gasteiger partial charge in [-0.05, 0) is 36.6 Å². The van der Waals surface area contributed by atoms with E-state index in [2.05, 4.69) is 0 Å². The number of phenolic OH excluding ortho intramolecular Hbond substituents is 1. The molecule has 2 aliphatic heterocycles. The minimum atomic E-state index is 0.222. The molecule has 1 fully saturated rings. The third-order valence-corrected chi connectivity index (χ3v) is 3.10. The number of hydrogen-bond donors (Lipinski definition) is 1. The molecule has 0 aromatic heterocycles. The Bertz CT molecular complexity index is 414. The molecule has 3 nitrogen and oxygen atoms in total. The van der Waals surface area contributed by atoms with E-state index >= 15 is 0 Å². The number of fused-ring (bicyclic) bond motifs is 3. The molecule has 72 valence electrons. The Balaban J connectivity index is 2.11. The second-order valence-corrected chi connectivity index (χ2v) is 3.97. The van der Waals surface area contributed by atoms with Crippen LogP contribution in [-0.2, 0) is 11.2 Å². The molecule has 1 aromatic rings. The van der Waals surface area contributed by atoms with Gasteiger partial charge >= 0.3 is 0 Å². The molecular weight excluding hydrogens is 178 g/mol. The summed E-state index contributed by atoms with van der Waals surface area (Å²) in [6, 6.07) is 5.60. The lowest BCUT2D eigenvalue weighted by atomic mass is 10.1. The number of nitrogens with zero attached hydrogens (tertiary/aromatic N) is 1. The van der Waals surface area contributed by atoms with Crippen molar-refractivity contribution in [1.29, 1.82) is 0 Å². The predicted molar refractivity (Wildman–Crippen MR) is 52.3 cm³/mol. The minimum absolute atomic E-state index is 0.222. The molecule has 1 amide bonds. The maximum Gasteiger partial charge on any atom is 0.227 e. The van der Waals surface area contributed by atoms with Gasteiger partial charge in [0.25, 0.3) is 0 Å². The number of rotatable bonds is 0. The van der Waals surface area contributed by atoms with Crippen molar-refractivity contribution >= 4 is 11.6 Å². The van der Waals surface area contributed by atoms with Crippen molar-refractivity contribution in [3.05, 3.63) is 23.8 Å². The highest BCUT2D eigenvalue weighted by Gasteiger charge is 2.38. The molecule has 0 radical (unpaired) electrons. The quantitative estimate of drug-likeness (QED) is 0.671. The zero-order valence-electron chi connectivity index (χ0n) is 7.73. The van der Waals surface area contributed by atoms with Gasteiger partial charge in [-0.2, -0.15) is 0 Å². The van der Waals surface area contributed by atoms with Crippen LogP contribution in [0.5, 0.6) is 5.75 Å². The second kappa shape index (κ2) is 2.50. The Morgan fingerprint density at radius 2 is 2.29 bits per heavy atom. The monoisotopic (exact) mass is 189 g/mol. The number of hydrogen-bond acceptors (Lipinski definition) is 2. The summed E-state index contributed by atoms with van der Waals surface area (Å²) in [5.74, 6) is 0.511. The molecule has 1 N–H and O–H groups in total. The van der Waals surface area contributed by atoms with Crippen molar-refractivity contribution in [3.8, 4) is 5.75 Å². The Hall–Kier alpha value is -1.51. The van der Waals surface area contributed by atoms with Gasteiger partial charge in [0.15, 0.2) is 0 Å². The van der Waals surface area contributed by atoms with Crippen LogP contribution in [0, 0.1) is 0 Å².